The minimum absolute atomic E-state index is 0.0685. The number of aliphatic hydroxyl groups is 1. The lowest BCUT2D eigenvalue weighted by molar-refractivity contribution is -0.148. The molecule has 57 heavy (non-hydrogen) atoms. The summed E-state index contributed by atoms with van der Waals surface area (Å²) in [7, 11) is 0. The highest BCUT2D eigenvalue weighted by molar-refractivity contribution is 5.87. The van der Waals surface area contributed by atoms with Crippen LogP contribution in [-0.4, -0.2) is 59.3 Å². The van der Waals surface area contributed by atoms with Crippen molar-refractivity contribution < 1.29 is 34.1 Å². The van der Waals surface area contributed by atoms with Gasteiger partial charge in [-0.15, -0.1) is 0 Å². The number of esters is 1. The van der Waals surface area contributed by atoms with Gasteiger partial charge in [-0.3, -0.25) is 14.4 Å². The molecule has 0 aliphatic rings. The van der Waals surface area contributed by atoms with Crippen LogP contribution >= 0.6 is 0 Å². The zero-order valence-electron chi connectivity index (χ0n) is 36.1. The molecular weight excluding hydrogens is 717 g/mol. The molecule has 0 aromatic carbocycles. The molecule has 0 saturated carbocycles. The van der Waals surface area contributed by atoms with E-state index in [1.807, 2.05) is 12.2 Å². The molecule has 9 heteroatoms. The Hall–Kier alpha value is -3.46. The quantitative estimate of drug-likeness (QED) is 0.0275. The lowest BCUT2D eigenvalue weighted by Crippen LogP contribution is -2.47. The highest BCUT2D eigenvalue weighted by Crippen LogP contribution is 2.18. The zero-order chi connectivity index (χ0) is 41.9. The molecule has 0 fully saturated rings. The largest absolute Gasteiger partial charge is 0.480 e. The SMILES string of the molecule is CC/C=C\C/C=C\C/C=C\C/C=C\C/C=C\CC(=O)OC(CCCCCCCCCCCCCCCC)CCCCCCCC(=O)NCC(=O)NC(CO)C(=O)O. The van der Waals surface area contributed by atoms with Crippen molar-refractivity contribution in [1.82, 2.24) is 10.6 Å². The molecular formula is C48H82N2O7. The van der Waals surface area contributed by atoms with E-state index >= 15 is 0 Å². The van der Waals surface area contributed by atoms with Gasteiger partial charge in [-0.1, -0.05) is 177 Å². The Balaban J connectivity index is 4.46. The Bertz CT molecular complexity index is 1140. The van der Waals surface area contributed by atoms with Gasteiger partial charge in [0.1, 0.15) is 12.1 Å². The van der Waals surface area contributed by atoms with E-state index in [2.05, 4.69) is 73.1 Å². The van der Waals surface area contributed by atoms with Crippen molar-refractivity contribution in [2.24, 2.45) is 0 Å². The monoisotopic (exact) mass is 799 g/mol. The van der Waals surface area contributed by atoms with Crippen molar-refractivity contribution in [3.05, 3.63) is 60.8 Å². The van der Waals surface area contributed by atoms with Crippen molar-refractivity contribution in [2.45, 2.75) is 206 Å². The van der Waals surface area contributed by atoms with Crippen molar-refractivity contribution in [3.8, 4) is 0 Å². The summed E-state index contributed by atoms with van der Waals surface area (Å²) in [5, 5.41) is 22.6. The average molecular weight is 799 g/mol. The van der Waals surface area contributed by atoms with Gasteiger partial charge in [0, 0.05) is 6.42 Å². The van der Waals surface area contributed by atoms with Gasteiger partial charge in [0.25, 0.3) is 0 Å². The minimum atomic E-state index is -1.39. The van der Waals surface area contributed by atoms with Crippen molar-refractivity contribution >= 4 is 23.8 Å². The first-order valence-corrected chi connectivity index (χ1v) is 22.7. The van der Waals surface area contributed by atoms with Crippen LogP contribution in [0.3, 0.4) is 0 Å². The van der Waals surface area contributed by atoms with E-state index in [0.717, 1.165) is 77.0 Å². The summed E-state index contributed by atoms with van der Waals surface area (Å²) < 4.78 is 5.97. The number of hydrogen-bond donors (Lipinski definition) is 4. The van der Waals surface area contributed by atoms with Gasteiger partial charge in [-0.25, -0.2) is 4.79 Å². The van der Waals surface area contributed by atoms with Gasteiger partial charge in [-0.2, -0.15) is 0 Å². The molecule has 4 N–H and O–H groups in total. The molecule has 0 aromatic rings. The van der Waals surface area contributed by atoms with E-state index in [-0.39, 0.29) is 37.4 Å². The summed E-state index contributed by atoms with van der Waals surface area (Å²) in [4.78, 5) is 47.6. The minimum Gasteiger partial charge on any atom is -0.480 e. The third-order valence-electron chi connectivity index (χ3n) is 9.81. The molecule has 0 bridgehead atoms. The fourth-order valence-electron chi connectivity index (χ4n) is 6.38. The van der Waals surface area contributed by atoms with Gasteiger partial charge in [-0.05, 0) is 64.2 Å². The maximum absolute atomic E-state index is 12.8. The number of carboxylic acids is 1. The maximum atomic E-state index is 12.8. The molecule has 0 radical (unpaired) electrons. The summed E-state index contributed by atoms with van der Waals surface area (Å²) in [5.41, 5.74) is 0. The third-order valence-corrected chi connectivity index (χ3v) is 9.81. The van der Waals surface area contributed by atoms with Gasteiger partial charge in [0.2, 0.25) is 11.8 Å². The van der Waals surface area contributed by atoms with Crippen LogP contribution < -0.4 is 10.6 Å². The second-order valence-electron chi connectivity index (χ2n) is 15.1. The number of carbonyl (C=O) groups is 4. The van der Waals surface area contributed by atoms with Gasteiger partial charge in [0.15, 0.2) is 0 Å². The van der Waals surface area contributed by atoms with E-state index in [4.69, 9.17) is 14.9 Å². The standard InChI is InChI=1S/C48H82N2O7/c1-3-5-7-9-11-13-15-17-19-21-23-25-27-32-36-40-47(54)57-43(37-33-29-26-24-22-20-18-16-14-12-10-8-6-4-2)38-34-30-28-31-35-39-45(52)49-41-46(53)50-44(42-51)48(55)56/h5,7,11,13,17,19,23,25,32,36,43-44,51H,3-4,6,8-10,12,14-16,18,20-22,24,26-31,33-35,37-42H2,1-2H3,(H,49,52)(H,50,53)(H,55,56)/b7-5-,13-11-,19-17-,25-23-,36-32-. The molecule has 0 aliphatic carbocycles. The fourth-order valence-corrected chi connectivity index (χ4v) is 6.38. The third kappa shape index (κ3) is 39.2. The Kier molecular flexibility index (Phi) is 39.6. The normalized spacial score (nSPS) is 13.0. The van der Waals surface area contributed by atoms with Crippen LogP contribution in [0.25, 0.3) is 0 Å². The van der Waals surface area contributed by atoms with Gasteiger partial charge >= 0.3 is 11.9 Å². The Morgan fingerprint density at radius 1 is 0.544 bits per heavy atom. The van der Waals surface area contributed by atoms with Crippen LogP contribution in [0.5, 0.6) is 0 Å². The number of unbranched alkanes of at least 4 members (excludes halogenated alkanes) is 17. The summed E-state index contributed by atoms with van der Waals surface area (Å²) in [6.45, 7) is 3.36. The summed E-state index contributed by atoms with van der Waals surface area (Å²) >= 11 is 0. The number of allylic oxidation sites excluding steroid dienone is 9. The van der Waals surface area contributed by atoms with Crippen LogP contribution in [-0.2, 0) is 23.9 Å². The van der Waals surface area contributed by atoms with Gasteiger partial charge in [0.05, 0.1) is 19.6 Å². The Morgan fingerprint density at radius 2 is 0.965 bits per heavy atom. The second-order valence-corrected chi connectivity index (χ2v) is 15.1. The van der Waals surface area contributed by atoms with Crippen LogP contribution in [0.1, 0.15) is 194 Å². The molecule has 9 nitrogen and oxygen atoms in total. The summed E-state index contributed by atoms with van der Waals surface area (Å²) in [6.07, 6.45) is 51.2. The zero-order valence-corrected chi connectivity index (χ0v) is 36.1. The first-order chi connectivity index (χ1) is 27.8. The predicted molar refractivity (Wildman–Crippen MR) is 236 cm³/mol. The number of nitrogens with one attached hydrogen (secondary N) is 2. The molecule has 2 amide bonds. The number of aliphatic hydroxyl groups excluding tert-OH is 1. The van der Waals surface area contributed by atoms with E-state index in [1.165, 1.54) is 83.5 Å². The smallest absolute Gasteiger partial charge is 0.328 e. The number of aliphatic carboxylic acids is 1. The van der Waals surface area contributed by atoms with Crippen molar-refractivity contribution in [3.63, 3.8) is 0 Å². The highest BCUT2D eigenvalue weighted by Gasteiger charge is 2.19. The number of rotatable bonds is 40. The molecule has 2 unspecified atom stereocenters. The summed E-state index contributed by atoms with van der Waals surface area (Å²) in [5.74, 6) is -2.43. The van der Waals surface area contributed by atoms with E-state index in [0.29, 0.717) is 6.42 Å². The first kappa shape index (κ1) is 53.5. The molecule has 0 rings (SSSR count). The van der Waals surface area contributed by atoms with Crippen LogP contribution in [0.4, 0.5) is 0 Å². The number of hydrogen-bond acceptors (Lipinski definition) is 6. The molecule has 0 aromatic heterocycles. The van der Waals surface area contributed by atoms with Gasteiger partial charge < -0.3 is 25.6 Å². The number of ether oxygens (including phenoxy) is 1. The topological polar surface area (TPSA) is 142 Å². The van der Waals surface area contributed by atoms with Crippen LogP contribution in [0.2, 0.25) is 0 Å². The fraction of sp³-hybridized carbons (Fsp3) is 0.708. The van der Waals surface area contributed by atoms with E-state index < -0.39 is 24.5 Å². The molecule has 0 aliphatic heterocycles. The van der Waals surface area contributed by atoms with Crippen molar-refractivity contribution in [2.75, 3.05) is 13.2 Å². The van der Waals surface area contributed by atoms with Crippen LogP contribution in [0.15, 0.2) is 60.8 Å². The summed E-state index contributed by atoms with van der Waals surface area (Å²) in [6, 6.07) is -1.39. The molecule has 0 saturated heterocycles. The number of carboxylic acid groups (broad SMARTS) is 1. The molecule has 326 valence electrons. The lowest BCUT2D eigenvalue weighted by atomic mass is 10.0. The highest BCUT2D eigenvalue weighted by atomic mass is 16.5. The van der Waals surface area contributed by atoms with E-state index in [9.17, 15) is 19.2 Å². The average Bonchev–Trinajstić information content (AvgIpc) is 3.20. The van der Waals surface area contributed by atoms with E-state index in [1.54, 1.807) is 0 Å². The predicted octanol–water partition coefficient (Wildman–Crippen LogP) is 11.3. The molecule has 0 spiro atoms. The maximum Gasteiger partial charge on any atom is 0.328 e. The molecule has 2 atom stereocenters. The lowest BCUT2D eigenvalue weighted by Gasteiger charge is -2.18. The van der Waals surface area contributed by atoms with Crippen LogP contribution in [0, 0.1) is 0 Å². The molecule has 0 heterocycles. The second kappa shape index (κ2) is 42.2. The Morgan fingerprint density at radius 3 is 1.40 bits per heavy atom. The number of amides is 2. The Labute approximate surface area is 347 Å². The first-order valence-electron chi connectivity index (χ1n) is 22.7. The number of carbonyl (C=O) groups excluding carboxylic acids is 3. The van der Waals surface area contributed by atoms with Crippen molar-refractivity contribution in [1.29, 1.82) is 0 Å².